The van der Waals surface area contributed by atoms with Gasteiger partial charge in [-0.2, -0.15) is 0 Å². The van der Waals surface area contributed by atoms with E-state index in [0.717, 1.165) is 26.8 Å². The molecule has 0 spiro atoms. The second-order valence-corrected chi connectivity index (χ2v) is 6.03. The van der Waals surface area contributed by atoms with Crippen molar-refractivity contribution in [2.24, 2.45) is 0 Å². The molecule has 0 aliphatic carbocycles. The second-order valence-electron chi connectivity index (χ2n) is 4.95. The van der Waals surface area contributed by atoms with Gasteiger partial charge in [0.2, 0.25) is 5.78 Å². The van der Waals surface area contributed by atoms with Crippen molar-refractivity contribution < 1.29 is 14.3 Å². The van der Waals surface area contributed by atoms with Crippen molar-refractivity contribution in [1.29, 1.82) is 0 Å². The maximum atomic E-state index is 12.5. The molecule has 0 atom stereocenters. The molecule has 0 bridgehead atoms. The Morgan fingerprint density at radius 3 is 1.91 bits per heavy atom. The predicted octanol–water partition coefficient (Wildman–Crippen LogP) is 4.66. The van der Waals surface area contributed by atoms with Crippen molar-refractivity contribution in [2.75, 3.05) is 14.2 Å². The number of ketones is 1. The van der Waals surface area contributed by atoms with E-state index in [4.69, 9.17) is 9.47 Å². The lowest BCUT2D eigenvalue weighted by molar-refractivity contribution is 0.104. The lowest BCUT2D eigenvalue weighted by Crippen LogP contribution is -1.98. The largest absolute Gasteiger partial charge is 0.497 e. The first-order valence-electron chi connectivity index (χ1n) is 7.14. The molecule has 3 aromatic rings. The highest BCUT2D eigenvalue weighted by molar-refractivity contribution is 7.17. The number of rotatable bonds is 5. The van der Waals surface area contributed by atoms with Crippen LogP contribution in [-0.2, 0) is 0 Å². The summed E-state index contributed by atoms with van der Waals surface area (Å²) in [5.41, 5.74) is 1.73. The molecule has 3 rings (SSSR count). The molecule has 23 heavy (non-hydrogen) atoms. The summed E-state index contributed by atoms with van der Waals surface area (Å²) in [5.74, 6) is 1.59. The van der Waals surface area contributed by atoms with Gasteiger partial charge in [0.15, 0.2) is 0 Å². The molecule has 0 fully saturated rings. The van der Waals surface area contributed by atoms with Crippen molar-refractivity contribution in [3.63, 3.8) is 0 Å². The van der Waals surface area contributed by atoms with Crippen molar-refractivity contribution in [3.05, 3.63) is 71.1 Å². The van der Waals surface area contributed by atoms with Gasteiger partial charge >= 0.3 is 0 Å². The number of ether oxygens (including phenoxy) is 2. The minimum atomic E-state index is 0.0254. The van der Waals surface area contributed by atoms with Gasteiger partial charge in [-0.05, 0) is 66.2 Å². The van der Waals surface area contributed by atoms with Crippen LogP contribution in [0.5, 0.6) is 11.5 Å². The Morgan fingerprint density at radius 2 is 1.35 bits per heavy atom. The number of carbonyl (C=O) groups is 1. The van der Waals surface area contributed by atoms with Gasteiger partial charge in [-0.3, -0.25) is 4.79 Å². The molecule has 3 nitrogen and oxygen atoms in total. The fourth-order valence-electron chi connectivity index (χ4n) is 2.26. The third-order valence-electron chi connectivity index (χ3n) is 3.56. The number of hydrogen-bond acceptors (Lipinski definition) is 4. The first-order valence-corrected chi connectivity index (χ1v) is 7.96. The summed E-state index contributed by atoms with van der Waals surface area (Å²) in [6.07, 6.45) is 0. The van der Waals surface area contributed by atoms with Crippen molar-refractivity contribution in [3.8, 4) is 21.9 Å². The first kappa shape index (κ1) is 15.3. The highest BCUT2D eigenvalue weighted by atomic mass is 32.1. The van der Waals surface area contributed by atoms with E-state index in [0.29, 0.717) is 5.56 Å². The zero-order valence-corrected chi connectivity index (χ0v) is 13.7. The van der Waals surface area contributed by atoms with Crippen molar-refractivity contribution in [2.45, 2.75) is 0 Å². The molecule has 0 saturated carbocycles. The standard InChI is InChI=1S/C19H16O3S/c1-21-15-7-3-13(4-8-15)17-11-12-18(23-17)19(20)14-5-9-16(22-2)10-6-14/h3-12H,1-2H3. The van der Waals surface area contributed by atoms with Crippen LogP contribution in [-0.4, -0.2) is 20.0 Å². The number of thiophene rings is 1. The monoisotopic (exact) mass is 324 g/mol. The van der Waals surface area contributed by atoms with Gasteiger partial charge in [-0.1, -0.05) is 0 Å². The highest BCUT2D eigenvalue weighted by Gasteiger charge is 2.13. The molecule has 0 aliphatic rings. The summed E-state index contributed by atoms with van der Waals surface area (Å²) >= 11 is 1.49. The van der Waals surface area contributed by atoms with Gasteiger partial charge in [-0.15, -0.1) is 11.3 Å². The van der Waals surface area contributed by atoms with Crippen LogP contribution in [0, 0.1) is 0 Å². The van der Waals surface area contributed by atoms with Crippen LogP contribution in [0.15, 0.2) is 60.7 Å². The summed E-state index contributed by atoms with van der Waals surface area (Å²) in [5, 5.41) is 0. The van der Waals surface area contributed by atoms with E-state index in [1.54, 1.807) is 38.5 Å². The van der Waals surface area contributed by atoms with E-state index in [2.05, 4.69) is 0 Å². The number of methoxy groups -OCH3 is 2. The Kier molecular flexibility index (Phi) is 4.44. The highest BCUT2D eigenvalue weighted by Crippen LogP contribution is 2.30. The molecule has 0 amide bonds. The number of hydrogen-bond donors (Lipinski definition) is 0. The smallest absolute Gasteiger partial charge is 0.202 e. The van der Waals surface area contributed by atoms with Gasteiger partial charge in [-0.25, -0.2) is 0 Å². The van der Waals surface area contributed by atoms with E-state index in [1.165, 1.54) is 11.3 Å². The Balaban J connectivity index is 1.83. The van der Waals surface area contributed by atoms with Gasteiger partial charge in [0, 0.05) is 10.4 Å². The molecule has 4 heteroatoms. The van der Waals surface area contributed by atoms with Crippen LogP contribution < -0.4 is 9.47 Å². The van der Waals surface area contributed by atoms with Crippen LogP contribution in [0.25, 0.3) is 10.4 Å². The lowest BCUT2D eigenvalue weighted by Gasteiger charge is -2.02. The van der Waals surface area contributed by atoms with Gasteiger partial charge in [0.25, 0.3) is 0 Å². The zero-order chi connectivity index (χ0) is 16.2. The second kappa shape index (κ2) is 6.67. The molecule has 116 valence electrons. The maximum absolute atomic E-state index is 12.5. The van der Waals surface area contributed by atoms with Gasteiger partial charge < -0.3 is 9.47 Å². The summed E-state index contributed by atoms with van der Waals surface area (Å²) in [7, 11) is 3.25. The normalized spacial score (nSPS) is 10.3. The minimum Gasteiger partial charge on any atom is -0.497 e. The SMILES string of the molecule is COc1ccc(C(=O)c2ccc(-c3ccc(OC)cc3)s2)cc1. The Morgan fingerprint density at radius 1 is 0.783 bits per heavy atom. The summed E-state index contributed by atoms with van der Waals surface area (Å²) in [6, 6.07) is 18.8. The average Bonchev–Trinajstić information content (AvgIpc) is 3.11. The van der Waals surface area contributed by atoms with Gasteiger partial charge in [0.1, 0.15) is 11.5 Å². The number of carbonyl (C=O) groups excluding carboxylic acids is 1. The molecule has 2 aromatic carbocycles. The molecule has 1 aromatic heterocycles. The molecule has 0 saturated heterocycles. The Hall–Kier alpha value is -2.59. The predicted molar refractivity (Wildman–Crippen MR) is 92.7 cm³/mol. The van der Waals surface area contributed by atoms with Crippen LogP contribution in [0.2, 0.25) is 0 Å². The zero-order valence-electron chi connectivity index (χ0n) is 12.9. The van der Waals surface area contributed by atoms with Crippen LogP contribution in [0.4, 0.5) is 0 Å². The molecule has 0 unspecified atom stereocenters. The summed E-state index contributed by atoms with van der Waals surface area (Å²) in [4.78, 5) is 14.3. The van der Waals surface area contributed by atoms with E-state index in [9.17, 15) is 4.79 Å². The van der Waals surface area contributed by atoms with Gasteiger partial charge in [0.05, 0.1) is 19.1 Å². The molecule has 0 aliphatic heterocycles. The van der Waals surface area contributed by atoms with E-state index in [1.807, 2.05) is 36.4 Å². The maximum Gasteiger partial charge on any atom is 0.202 e. The van der Waals surface area contributed by atoms with E-state index in [-0.39, 0.29) is 5.78 Å². The molecule has 0 radical (unpaired) electrons. The quantitative estimate of drug-likeness (QED) is 0.640. The molecule has 0 N–H and O–H groups in total. The topological polar surface area (TPSA) is 35.5 Å². The van der Waals surface area contributed by atoms with Crippen LogP contribution in [0.3, 0.4) is 0 Å². The van der Waals surface area contributed by atoms with Crippen LogP contribution in [0.1, 0.15) is 15.2 Å². The van der Waals surface area contributed by atoms with E-state index < -0.39 is 0 Å². The fourth-order valence-corrected chi connectivity index (χ4v) is 3.23. The average molecular weight is 324 g/mol. The molecular formula is C19H16O3S. The Bertz CT molecular complexity index is 801. The third kappa shape index (κ3) is 3.27. The summed E-state index contributed by atoms with van der Waals surface area (Å²) < 4.78 is 10.3. The van der Waals surface area contributed by atoms with Crippen LogP contribution >= 0.6 is 11.3 Å². The minimum absolute atomic E-state index is 0.0254. The Labute approximate surface area is 139 Å². The third-order valence-corrected chi connectivity index (χ3v) is 4.69. The van der Waals surface area contributed by atoms with E-state index >= 15 is 0 Å². The van der Waals surface area contributed by atoms with Crippen molar-refractivity contribution >= 4 is 17.1 Å². The number of benzene rings is 2. The summed E-state index contributed by atoms with van der Waals surface area (Å²) in [6.45, 7) is 0. The lowest BCUT2D eigenvalue weighted by atomic mass is 10.1. The van der Waals surface area contributed by atoms with Crippen molar-refractivity contribution in [1.82, 2.24) is 0 Å². The first-order chi connectivity index (χ1) is 11.2. The molecule has 1 heterocycles. The molecular weight excluding hydrogens is 308 g/mol. The fraction of sp³-hybridized carbons (Fsp3) is 0.105.